The monoisotopic (exact) mass is 331 g/mol. The highest BCUT2D eigenvalue weighted by atomic mass is 35.5. The first-order valence-electron chi connectivity index (χ1n) is 7.13. The van der Waals surface area contributed by atoms with Gasteiger partial charge in [-0.3, -0.25) is 0 Å². The van der Waals surface area contributed by atoms with Gasteiger partial charge in [-0.2, -0.15) is 0 Å². The highest BCUT2D eigenvalue weighted by Crippen LogP contribution is 2.24. The molecule has 1 N–H and O–H groups in total. The number of pyridine rings is 1. The Kier molecular flexibility index (Phi) is 5.11. The molecule has 0 aliphatic carbocycles. The summed E-state index contributed by atoms with van der Waals surface area (Å²) in [4.78, 5) is 6.40. The molecule has 1 aromatic rings. The van der Waals surface area contributed by atoms with Crippen LogP contribution >= 0.6 is 11.6 Å². The highest BCUT2D eigenvalue weighted by Gasteiger charge is 2.29. The fraction of sp³-hybridized carbons (Fsp3) is 0.643. The van der Waals surface area contributed by atoms with Gasteiger partial charge in [-0.1, -0.05) is 25.4 Å². The van der Waals surface area contributed by atoms with Crippen LogP contribution in [0.25, 0.3) is 0 Å². The fourth-order valence-electron chi connectivity index (χ4n) is 2.41. The maximum Gasteiger partial charge on any atom is 0.154 e. The second-order valence-corrected chi connectivity index (χ2v) is 8.46. The first-order valence-corrected chi connectivity index (χ1v) is 9.33. The molecule has 0 radical (unpaired) electrons. The van der Waals surface area contributed by atoms with Crippen LogP contribution in [0.5, 0.6) is 0 Å². The summed E-state index contributed by atoms with van der Waals surface area (Å²) in [6, 6.07) is 2.26. The lowest BCUT2D eigenvalue weighted by Gasteiger charge is -2.34. The predicted molar refractivity (Wildman–Crippen MR) is 86.7 cm³/mol. The molecule has 1 aliphatic rings. The van der Waals surface area contributed by atoms with Crippen molar-refractivity contribution in [1.82, 2.24) is 10.3 Å². The number of rotatable bonds is 4. The van der Waals surface area contributed by atoms with Crippen LogP contribution in [0.1, 0.15) is 26.3 Å². The van der Waals surface area contributed by atoms with Gasteiger partial charge < -0.3 is 10.2 Å². The summed E-state index contributed by atoms with van der Waals surface area (Å²) in [5, 5.41) is 3.96. The molecule has 1 aromatic heterocycles. The first-order chi connectivity index (χ1) is 9.78. The smallest absolute Gasteiger partial charge is 0.154 e. The van der Waals surface area contributed by atoms with E-state index in [0.717, 1.165) is 11.4 Å². The van der Waals surface area contributed by atoms with Crippen molar-refractivity contribution < 1.29 is 8.42 Å². The summed E-state index contributed by atoms with van der Waals surface area (Å²) in [6.45, 7) is 7.22. The van der Waals surface area contributed by atoms with Crippen molar-refractivity contribution in [2.45, 2.75) is 39.4 Å². The molecule has 1 fully saturated rings. The Morgan fingerprint density at radius 1 is 1.52 bits per heavy atom. The van der Waals surface area contributed by atoms with Crippen LogP contribution in [0.4, 0.5) is 5.82 Å². The Hall–Kier alpha value is -0.850. The van der Waals surface area contributed by atoms with Gasteiger partial charge in [0.25, 0.3) is 0 Å². The van der Waals surface area contributed by atoms with E-state index in [9.17, 15) is 8.42 Å². The van der Waals surface area contributed by atoms with Crippen LogP contribution in [0.15, 0.2) is 12.3 Å². The lowest BCUT2D eigenvalue weighted by atomic mass is 10.2. The number of halogens is 1. The van der Waals surface area contributed by atoms with Gasteiger partial charge in [0.1, 0.15) is 5.82 Å². The summed E-state index contributed by atoms with van der Waals surface area (Å²) >= 11 is 6.18. The zero-order chi connectivity index (χ0) is 15.6. The van der Waals surface area contributed by atoms with Crippen molar-refractivity contribution in [2.75, 3.05) is 23.0 Å². The Morgan fingerprint density at radius 2 is 2.24 bits per heavy atom. The minimum Gasteiger partial charge on any atom is -0.352 e. The third kappa shape index (κ3) is 4.31. The number of aromatic nitrogens is 1. The Bertz CT molecular complexity index is 604. The molecular weight excluding hydrogens is 310 g/mol. The third-order valence-corrected chi connectivity index (χ3v) is 5.72. The van der Waals surface area contributed by atoms with Crippen LogP contribution in [-0.4, -0.2) is 43.5 Å². The zero-order valence-corrected chi connectivity index (χ0v) is 14.2. The van der Waals surface area contributed by atoms with Gasteiger partial charge >= 0.3 is 0 Å². The molecule has 1 aliphatic heterocycles. The van der Waals surface area contributed by atoms with E-state index in [4.69, 9.17) is 11.6 Å². The van der Waals surface area contributed by atoms with Gasteiger partial charge in [0.05, 0.1) is 16.5 Å². The van der Waals surface area contributed by atoms with E-state index < -0.39 is 9.84 Å². The molecule has 1 atom stereocenters. The number of hydrogen-bond acceptors (Lipinski definition) is 5. The van der Waals surface area contributed by atoms with E-state index >= 15 is 0 Å². The molecule has 1 saturated heterocycles. The molecule has 21 heavy (non-hydrogen) atoms. The van der Waals surface area contributed by atoms with Crippen molar-refractivity contribution in [3.63, 3.8) is 0 Å². The minimum absolute atomic E-state index is 0.0664. The van der Waals surface area contributed by atoms with E-state index in [1.54, 1.807) is 6.20 Å². The van der Waals surface area contributed by atoms with E-state index in [-0.39, 0.29) is 17.5 Å². The second kappa shape index (κ2) is 6.50. The second-order valence-electron chi connectivity index (χ2n) is 5.83. The third-order valence-electron chi connectivity index (χ3n) is 3.59. The van der Waals surface area contributed by atoms with Crippen molar-refractivity contribution in [2.24, 2.45) is 0 Å². The number of nitrogens with one attached hydrogen (secondary N) is 1. The Morgan fingerprint density at radius 3 is 2.86 bits per heavy atom. The van der Waals surface area contributed by atoms with Crippen molar-refractivity contribution in [3.8, 4) is 0 Å². The van der Waals surface area contributed by atoms with Crippen LogP contribution in [-0.2, 0) is 16.4 Å². The summed E-state index contributed by atoms with van der Waals surface area (Å²) in [6.07, 6.45) is 1.64. The fourth-order valence-corrected chi connectivity index (χ4v) is 4.14. The molecule has 2 rings (SSSR count). The van der Waals surface area contributed by atoms with Gasteiger partial charge in [0.15, 0.2) is 9.84 Å². The maximum absolute atomic E-state index is 11.7. The van der Waals surface area contributed by atoms with Crippen LogP contribution in [0, 0.1) is 0 Å². The van der Waals surface area contributed by atoms with Crippen LogP contribution < -0.4 is 10.2 Å². The molecule has 5 nitrogen and oxygen atoms in total. The molecule has 0 saturated carbocycles. The van der Waals surface area contributed by atoms with Gasteiger partial charge in [-0.05, 0) is 18.6 Å². The predicted octanol–water partition coefficient (Wildman–Crippen LogP) is 1.86. The summed E-state index contributed by atoms with van der Waals surface area (Å²) in [5.41, 5.74) is 0.982. The Labute approximate surface area is 131 Å². The van der Waals surface area contributed by atoms with Crippen LogP contribution in [0.3, 0.4) is 0 Å². The first kappa shape index (κ1) is 16.5. The normalized spacial score (nSPS) is 21.8. The van der Waals surface area contributed by atoms with Crippen LogP contribution in [0.2, 0.25) is 5.02 Å². The highest BCUT2D eigenvalue weighted by molar-refractivity contribution is 7.91. The van der Waals surface area contributed by atoms with E-state index in [1.165, 1.54) is 0 Å². The molecule has 2 heterocycles. The number of anilines is 1. The van der Waals surface area contributed by atoms with Crippen molar-refractivity contribution in [3.05, 3.63) is 22.8 Å². The Balaban J connectivity index is 2.18. The molecule has 118 valence electrons. The minimum atomic E-state index is -2.92. The topological polar surface area (TPSA) is 62.3 Å². The molecule has 1 unspecified atom stereocenters. The lowest BCUT2D eigenvalue weighted by molar-refractivity contribution is 0.566. The number of hydrogen-bond donors (Lipinski definition) is 1. The largest absolute Gasteiger partial charge is 0.352 e. The van der Waals surface area contributed by atoms with Gasteiger partial charge in [-0.15, -0.1) is 0 Å². The molecule has 0 aromatic carbocycles. The molecule has 0 spiro atoms. The number of nitrogens with zero attached hydrogens (tertiary/aromatic N) is 2. The quantitative estimate of drug-likeness (QED) is 0.912. The van der Waals surface area contributed by atoms with E-state index in [0.29, 0.717) is 24.2 Å². The van der Waals surface area contributed by atoms with Gasteiger partial charge in [0.2, 0.25) is 0 Å². The molecule has 7 heteroatoms. The average molecular weight is 332 g/mol. The van der Waals surface area contributed by atoms with Crippen molar-refractivity contribution in [1.29, 1.82) is 0 Å². The lowest BCUT2D eigenvalue weighted by Crippen LogP contribution is -2.47. The maximum atomic E-state index is 11.7. The number of sulfone groups is 1. The van der Waals surface area contributed by atoms with Gasteiger partial charge in [-0.25, -0.2) is 13.4 Å². The average Bonchev–Trinajstić information content (AvgIpc) is 2.37. The molecule has 0 amide bonds. The molecule has 0 bridgehead atoms. The standard InChI is InChI=1S/C14H22ClN3O2S/c1-10(2)16-7-12-6-14(17-8-13(12)15)18-4-5-21(19,20)9-11(18)3/h6,8,10-11,16H,4-5,7,9H2,1-3H3. The zero-order valence-electron chi connectivity index (χ0n) is 12.6. The van der Waals surface area contributed by atoms with Crippen molar-refractivity contribution >= 4 is 27.3 Å². The summed E-state index contributed by atoms with van der Waals surface area (Å²) < 4.78 is 23.3. The summed E-state index contributed by atoms with van der Waals surface area (Å²) in [5.74, 6) is 1.15. The summed E-state index contributed by atoms with van der Waals surface area (Å²) in [7, 11) is -2.92. The molecular formula is C14H22ClN3O2S. The van der Waals surface area contributed by atoms with E-state index in [1.807, 2.05) is 17.9 Å². The van der Waals surface area contributed by atoms with Gasteiger partial charge in [0, 0.05) is 31.4 Å². The van der Waals surface area contributed by atoms with E-state index in [2.05, 4.69) is 24.1 Å². The SMILES string of the molecule is CC(C)NCc1cc(N2CCS(=O)(=O)CC2C)ncc1Cl.